The molecular formula is C33H43Cl2FN8O4. The normalized spacial score (nSPS) is 13.2. The first-order chi connectivity index (χ1) is 22.6. The molecule has 3 rings (SSSR count). The van der Waals surface area contributed by atoms with Crippen molar-refractivity contribution in [1.29, 1.82) is 0 Å². The number of nitrogens with two attached hydrogens (primary N) is 1. The van der Waals surface area contributed by atoms with Gasteiger partial charge in [-0.2, -0.15) is 0 Å². The van der Waals surface area contributed by atoms with Crippen LogP contribution in [0.5, 0.6) is 0 Å². The second-order valence-electron chi connectivity index (χ2n) is 12.3. The molecule has 3 aromatic rings. The van der Waals surface area contributed by atoms with Gasteiger partial charge in [0.05, 0.1) is 5.69 Å². The Morgan fingerprint density at radius 1 is 0.958 bits per heavy atom. The number of unbranched alkanes of at least 4 members (excludes halogenated alkanes) is 1. The Morgan fingerprint density at radius 2 is 1.60 bits per heavy atom. The second kappa shape index (κ2) is 17.9. The van der Waals surface area contributed by atoms with E-state index >= 15 is 0 Å². The summed E-state index contributed by atoms with van der Waals surface area (Å²) in [7, 11) is 3.90. The van der Waals surface area contributed by atoms with E-state index in [1.165, 1.54) is 28.9 Å². The Balaban J connectivity index is 1.73. The number of aryl methyl sites for hydroxylation is 1. The summed E-state index contributed by atoms with van der Waals surface area (Å²) in [4.78, 5) is 58.5. The number of aromatic nitrogens is 3. The zero-order valence-corrected chi connectivity index (χ0v) is 29.2. The molecule has 260 valence electrons. The molecule has 0 saturated heterocycles. The Hall–Kier alpha value is -4.07. The monoisotopic (exact) mass is 704 g/mol. The average molecular weight is 706 g/mol. The number of halogens is 3. The van der Waals surface area contributed by atoms with Crippen LogP contribution in [0.25, 0.3) is 5.69 Å². The van der Waals surface area contributed by atoms with E-state index in [-0.39, 0.29) is 24.6 Å². The van der Waals surface area contributed by atoms with E-state index in [0.29, 0.717) is 40.0 Å². The van der Waals surface area contributed by atoms with Crippen molar-refractivity contribution in [1.82, 2.24) is 35.6 Å². The van der Waals surface area contributed by atoms with E-state index in [1.54, 1.807) is 25.1 Å². The minimum absolute atomic E-state index is 0.0781. The van der Waals surface area contributed by atoms with Crippen LogP contribution in [0.3, 0.4) is 0 Å². The molecule has 1 unspecified atom stereocenters. The Bertz CT molecular complexity index is 1560. The number of nitrogens with one attached hydrogen (secondary N) is 3. The first-order valence-corrected chi connectivity index (χ1v) is 16.4. The number of benzene rings is 2. The van der Waals surface area contributed by atoms with Gasteiger partial charge in [-0.05, 0) is 88.6 Å². The third-order valence-electron chi connectivity index (χ3n) is 7.60. The van der Waals surface area contributed by atoms with Gasteiger partial charge in [-0.3, -0.25) is 19.2 Å². The number of carbonyl (C=O) groups is 4. The van der Waals surface area contributed by atoms with Gasteiger partial charge in [-0.15, -0.1) is 5.10 Å². The maximum atomic E-state index is 13.7. The zero-order chi connectivity index (χ0) is 35.5. The van der Waals surface area contributed by atoms with Crippen molar-refractivity contribution in [2.45, 2.75) is 71.0 Å². The fraction of sp³-hybridized carbons (Fsp3) is 0.455. The Morgan fingerprint density at radius 3 is 2.19 bits per heavy atom. The lowest BCUT2D eigenvalue weighted by atomic mass is 9.98. The summed E-state index contributed by atoms with van der Waals surface area (Å²) < 4.78 is 14.7. The van der Waals surface area contributed by atoms with Gasteiger partial charge in [-0.1, -0.05) is 49.2 Å². The van der Waals surface area contributed by atoms with Crippen molar-refractivity contribution in [3.05, 3.63) is 75.5 Å². The van der Waals surface area contributed by atoms with Crippen LogP contribution in [0.1, 0.15) is 61.5 Å². The highest BCUT2D eigenvalue weighted by atomic mass is 35.5. The smallest absolute Gasteiger partial charge is 0.291 e. The number of rotatable bonds is 17. The van der Waals surface area contributed by atoms with Gasteiger partial charge < -0.3 is 26.6 Å². The van der Waals surface area contributed by atoms with Crippen LogP contribution in [0.15, 0.2) is 42.5 Å². The lowest BCUT2D eigenvalue weighted by molar-refractivity contribution is -0.128. The lowest BCUT2D eigenvalue weighted by Gasteiger charge is -2.26. The Kier molecular flexibility index (Phi) is 14.3. The largest absolute Gasteiger partial charge is 0.368 e. The molecular weight excluding hydrogens is 662 g/mol. The molecule has 5 N–H and O–H groups in total. The van der Waals surface area contributed by atoms with Crippen LogP contribution in [0.4, 0.5) is 4.39 Å². The molecule has 12 nitrogen and oxygen atoms in total. The topological polar surface area (TPSA) is 164 Å². The molecule has 3 atom stereocenters. The second-order valence-corrected chi connectivity index (χ2v) is 13.1. The van der Waals surface area contributed by atoms with Crippen molar-refractivity contribution >= 4 is 46.8 Å². The first kappa shape index (κ1) is 38.4. The molecule has 0 aliphatic carbocycles. The van der Waals surface area contributed by atoms with Gasteiger partial charge in [0.15, 0.2) is 0 Å². The van der Waals surface area contributed by atoms with Gasteiger partial charge in [0.1, 0.15) is 23.7 Å². The van der Waals surface area contributed by atoms with Gasteiger partial charge >= 0.3 is 0 Å². The van der Waals surface area contributed by atoms with Crippen molar-refractivity contribution in [2.24, 2.45) is 11.7 Å². The van der Waals surface area contributed by atoms with E-state index < -0.39 is 47.6 Å². The number of hydrogen-bond acceptors (Lipinski definition) is 7. The van der Waals surface area contributed by atoms with Crippen LogP contribution in [-0.2, 0) is 20.8 Å². The molecule has 0 bridgehead atoms. The van der Waals surface area contributed by atoms with Crippen LogP contribution in [0, 0.1) is 18.7 Å². The molecule has 0 aliphatic rings. The summed E-state index contributed by atoms with van der Waals surface area (Å²) in [5.41, 5.74) is 6.67. The van der Waals surface area contributed by atoms with Crippen molar-refractivity contribution < 1.29 is 23.6 Å². The highest BCUT2D eigenvalue weighted by Gasteiger charge is 2.29. The summed E-state index contributed by atoms with van der Waals surface area (Å²) in [6, 6.07) is 7.76. The molecule has 0 radical (unpaired) electrons. The third-order valence-corrected chi connectivity index (χ3v) is 8.04. The molecule has 1 heterocycles. The highest BCUT2D eigenvalue weighted by Crippen LogP contribution is 2.22. The predicted octanol–water partition coefficient (Wildman–Crippen LogP) is 3.60. The maximum Gasteiger partial charge on any atom is 0.291 e. The Labute approximate surface area is 289 Å². The summed E-state index contributed by atoms with van der Waals surface area (Å²) in [6.45, 7) is 6.15. The van der Waals surface area contributed by atoms with Gasteiger partial charge in [0, 0.05) is 28.9 Å². The number of hydrogen-bond donors (Lipinski definition) is 4. The number of carbonyl (C=O) groups excluding carboxylic acids is 4. The summed E-state index contributed by atoms with van der Waals surface area (Å²) >= 11 is 12.3. The number of nitrogens with zero attached hydrogens (tertiary/aromatic N) is 4. The maximum absolute atomic E-state index is 13.7. The van der Waals surface area contributed by atoms with Crippen LogP contribution < -0.4 is 21.7 Å². The zero-order valence-electron chi connectivity index (χ0n) is 27.7. The van der Waals surface area contributed by atoms with E-state index in [9.17, 15) is 23.6 Å². The van der Waals surface area contributed by atoms with Crippen LogP contribution in [-0.4, -0.2) is 82.1 Å². The van der Waals surface area contributed by atoms with E-state index in [4.69, 9.17) is 28.9 Å². The average Bonchev–Trinajstić information content (AvgIpc) is 3.39. The fourth-order valence-corrected chi connectivity index (χ4v) is 5.44. The molecule has 15 heteroatoms. The highest BCUT2D eigenvalue weighted by molar-refractivity contribution is 6.34. The minimum atomic E-state index is -1.03. The third kappa shape index (κ3) is 11.9. The SMILES string of the molecule is Cc1nc(C(=O)N[C@@H](CCCCN(C)C)C(=O)NC(CC(=O)N[C@@H](Cc2ccc(F)cc2)C(N)=O)C(C)C)nn1-c1cc(Cl)cc(Cl)c1. The van der Waals surface area contributed by atoms with Gasteiger partial charge in [-0.25, -0.2) is 14.1 Å². The predicted molar refractivity (Wildman–Crippen MR) is 182 cm³/mol. The number of primary amides is 1. The summed E-state index contributed by atoms with van der Waals surface area (Å²) in [6.07, 6.45) is 1.68. The van der Waals surface area contributed by atoms with Crippen LogP contribution in [0.2, 0.25) is 10.0 Å². The standard InChI is InChI=1S/C33H43Cl2FN8O4/c1-19(2)27(18-29(45)39-28(30(37)46)14-21-9-11-24(36)12-10-21)41-32(47)26(8-6-7-13-43(4)5)40-33(48)31-38-20(3)44(42-31)25-16-22(34)15-23(35)17-25/h9-12,15-17,19,26-28H,6-8,13-14,18H2,1-5H3,(H2,37,46)(H,39,45)(H,40,48)(H,41,47)/t26-,27?,28-/m0/s1. The molecule has 0 saturated carbocycles. The lowest BCUT2D eigenvalue weighted by Crippen LogP contribution is -2.53. The van der Waals surface area contributed by atoms with E-state index in [2.05, 4.69) is 26.0 Å². The molecule has 48 heavy (non-hydrogen) atoms. The first-order valence-electron chi connectivity index (χ1n) is 15.6. The molecule has 0 aliphatic heterocycles. The molecule has 0 spiro atoms. The van der Waals surface area contributed by atoms with E-state index in [0.717, 1.165) is 13.0 Å². The van der Waals surface area contributed by atoms with Gasteiger partial charge in [0.2, 0.25) is 23.5 Å². The quantitative estimate of drug-likeness (QED) is 0.156. The van der Waals surface area contributed by atoms with E-state index in [1.807, 2.05) is 32.8 Å². The molecule has 1 aromatic heterocycles. The summed E-state index contributed by atoms with van der Waals surface area (Å²) in [5, 5.41) is 13.4. The summed E-state index contributed by atoms with van der Waals surface area (Å²) in [5.74, 6) is -2.72. The van der Waals surface area contributed by atoms with Crippen molar-refractivity contribution in [2.75, 3.05) is 20.6 Å². The molecule has 2 aromatic carbocycles. The molecule has 4 amide bonds. The van der Waals surface area contributed by atoms with Gasteiger partial charge in [0.25, 0.3) is 5.91 Å². The fourth-order valence-electron chi connectivity index (χ4n) is 4.93. The van der Waals surface area contributed by atoms with Crippen LogP contribution >= 0.6 is 23.2 Å². The van der Waals surface area contributed by atoms with Crippen molar-refractivity contribution in [3.63, 3.8) is 0 Å². The minimum Gasteiger partial charge on any atom is -0.368 e. The molecule has 0 fully saturated rings. The number of amides is 4. The van der Waals surface area contributed by atoms with Crippen molar-refractivity contribution in [3.8, 4) is 5.69 Å².